The molecule has 22 heavy (non-hydrogen) atoms. The van der Waals surface area contributed by atoms with Crippen molar-refractivity contribution < 1.29 is 14.5 Å². The van der Waals surface area contributed by atoms with Crippen LogP contribution in [0.1, 0.15) is 10.4 Å². The molecule has 0 fully saturated rings. The van der Waals surface area contributed by atoms with Gasteiger partial charge in [0.2, 0.25) is 0 Å². The fourth-order valence-corrected chi connectivity index (χ4v) is 2.19. The molecular weight excluding hydrogens is 331 g/mol. The maximum Gasteiger partial charge on any atom is 0.282 e. The third-order valence-corrected chi connectivity index (χ3v) is 3.29. The zero-order valence-electron chi connectivity index (χ0n) is 11.3. The summed E-state index contributed by atoms with van der Waals surface area (Å²) in [4.78, 5) is 22.1. The van der Waals surface area contributed by atoms with Gasteiger partial charge in [0.05, 0.1) is 9.95 Å². The quantitative estimate of drug-likeness (QED) is 0.672. The highest BCUT2D eigenvalue weighted by Crippen LogP contribution is 2.33. The fraction of sp³-hybridized carbons (Fsp3) is 0.0714. The predicted octanol–water partition coefficient (Wildman–Crippen LogP) is 4.05. The first-order valence-corrected chi connectivity index (χ1v) is 6.81. The molecule has 6 nitrogen and oxygen atoms in total. The van der Waals surface area contributed by atoms with Crippen molar-refractivity contribution in [3.8, 4) is 11.5 Å². The summed E-state index contributed by atoms with van der Waals surface area (Å²) in [5.41, 5.74) is -0.413. The van der Waals surface area contributed by atoms with Crippen molar-refractivity contribution in [1.82, 2.24) is 5.32 Å². The van der Waals surface area contributed by atoms with Crippen molar-refractivity contribution in [3.63, 3.8) is 0 Å². The molecule has 0 radical (unpaired) electrons. The molecule has 0 spiro atoms. The Balaban J connectivity index is 2.40. The standard InChI is InChI=1S/C14H10Cl2N2O4/c1-17-14(19)10-7-9(3-4-12(10)18(20)21)22-13-5-2-8(15)6-11(13)16/h2-7H,1H3,(H,17,19). The van der Waals surface area contributed by atoms with E-state index in [1.54, 1.807) is 12.1 Å². The third-order valence-electron chi connectivity index (χ3n) is 2.76. The van der Waals surface area contributed by atoms with Crippen molar-refractivity contribution in [3.05, 3.63) is 62.1 Å². The lowest BCUT2D eigenvalue weighted by Crippen LogP contribution is -2.19. The van der Waals surface area contributed by atoms with Crippen LogP contribution in [0.15, 0.2) is 36.4 Å². The summed E-state index contributed by atoms with van der Waals surface area (Å²) in [5.74, 6) is -0.0180. The number of hydrogen-bond acceptors (Lipinski definition) is 4. The molecule has 0 unspecified atom stereocenters. The Morgan fingerprint density at radius 3 is 2.55 bits per heavy atom. The number of amides is 1. The van der Waals surface area contributed by atoms with E-state index in [2.05, 4.69) is 5.32 Å². The van der Waals surface area contributed by atoms with Crippen LogP contribution < -0.4 is 10.1 Å². The van der Waals surface area contributed by atoms with E-state index >= 15 is 0 Å². The molecule has 2 rings (SSSR count). The molecule has 0 heterocycles. The van der Waals surface area contributed by atoms with E-state index in [0.717, 1.165) is 0 Å². The number of nitrogens with one attached hydrogen (secondary N) is 1. The van der Waals surface area contributed by atoms with Gasteiger partial charge in [-0.2, -0.15) is 0 Å². The van der Waals surface area contributed by atoms with Gasteiger partial charge in [-0.05, 0) is 24.3 Å². The molecule has 0 bridgehead atoms. The number of carbonyl (C=O) groups excluding carboxylic acids is 1. The topological polar surface area (TPSA) is 81.5 Å². The SMILES string of the molecule is CNC(=O)c1cc(Oc2ccc(Cl)cc2Cl)ccc1[N+](=O)[O-]. The van der Waals surface area contributed by atoms with Gasteiger partial charge in [0.25, 0.3) is 11.6 Å². The Labute approximate surface area is 135 Å². The van der Waals surface area contributed by atoms with Gasteiger partial charge in [-0.3, -0.25) is 14.9 Å². The van der Waals surface area contributed by atoms with Gasteiger partial charge in [-0.25, -0.2) is 0 Å². The number of rotatable bonds is 4. The van der Waals surface area contributed by atoms with Crippen LogP contribution in [0, 0.1) is 10.1 Å². The first kappa shape index (κ1) is 16.1. The molecule has 0 saturated carbocycles. The summed E-state index contributed by atoms with van der Waals surface area (Å²) < 4.78 is 5.54. The largest absolute Gasteiger partial charge is 0.456 e. The highest BCUT2D eigenvalue weighted by atomic mass is 35.5. The van der Waals surface area contributed by atoms with E-state index in [1.807, 2.05) is 0 Å². The lowest BCUT2D eigenvalue weighted by atomic mass is 10.1. The van der Waals surface area contributed by atoms with Gasteiger partial charge in [0.1, 0.15) is 17.1 Å². The molecular formula is C14H10Cl2N2O4. The molecule has 0 atom stereocenters. The molecule has 0 saturated heterocycles. The maximum atomic E-state index is 11.7. The number of halogens is 2. The number of hydrogen-bond donors (Lipinski definition) is 1. The van der Waals surface area contributed by atoms with Crippen molar-refractivity contribution in [2.75, 3.05) is 7.05 Å². The molecule has 0 aliphatic heterocycles. The van der Waals surface area contributed by atoms with Crippen LogP contribution in [0.5, 0.6) is 11.5 Å². The van der Waals surface area contributed by atoms with Gasteiger partial charge >= 0.3 is 0 Å². The van der Waals surface area contributed by atoms with Crippen LogP contribution in [0.3, 0.4) is 0 Å². The highest BCUT2D eigenvalue weighted by Gasteiger charge is 2.20. The van der Waals surface area contributed by atoms with Crippen LogP contribution in [-0.2, 0) is 0 Å². The van der Waals surface area contributed by atoms with E-state index in [-0.39, 0.29) is 22.0 Å². The van der Waals surface area contributed by atoms with Crippen molar-refractivity contribution >= 4 is 34.8 Å². The lowest BCUT2D eigenvalue weighted by molar-refractivity contribution is -0.385. The molecule has 2 aromatic carbocycles. The number of nitro benzene ring substituents is 1. The number of benzene rings is 2. The third kappa shape index (κ3) is 3.47. The van der Waals surface area contributed by atoms with Crippen molar-refractivity contribution in [2.24, 2.45) is 0 Å². The Morgan fingerprint density at radius 2 is 1.95 bits per heavy atom. The van der Waals surface area contributed by atoms with Crippen LogP contribution in [0.4, 0.5) is 5.69 Å². The van der Waals surface area contributed by atoms with Gasteiger partial charge in [0, 0.05) is 24.2 Å². The molecule has 0 aromatic heterocycles. The molecule has 114 valence electrons. The minimum Gasteiger partial charge on any atom is -0.456 e. The minimum absolute atomic E-state index is 0.102. The zero-order chi connectivity index (χ0) is 16.3. The van der Waals surface area contributed by atoms with Crippen molar-refractivity contribution in [1.29, 1.82) is 0 Å². The van der Waals surface area contributed by atoms with E-state index < -0.39 is 10.8 Å². The molecule has 0 aliphatic carbocycles. The number of ether oxygens (including phenoxy) is 1. The van der Waals surface area contributed by atoms with Gasteiger partial charge in [0.15, 0.2) is 0 Å². The Kier molecular flexibility index (Phi) is 4.85. The van der Waals surface area contributed by atoms with E-state index in [1.165, 1.54) is 31.3 Å². The number of nitro groups is 1. The fourth-order valence-electron chi connectivity index (χ4n) is 1.74. The molecule has 2 aromatic rings. The summed E-state index contributed by atoms with van der Waals surface area (Å²) in [5, 5.41) is 14.0. The van der Waals surface area contributed by atoms with Crippen molar-refractivity contribution in [2.45, 2.75) is 0 Å². The van der Waals surface area contributed by atoms with E-state index in [0.29, 0.717) is 10.8 Å². The van der Waals surface area contributed by atoms with E-state index in [9.17, 15) is 14.9 Å². The smallest absolute Gasteiger partial charge is 0.282 e. The lowest BCUT2D eigenvalue weighted by Gasteiger charge is -2.09. The summed E-state index contributed by atoms with van der Waals surface area (Å²) >= 11 is 11.8. The highest BCUT2D eigenvalue weighted by molar-refractivity contribution is 6.35. The van der Waals surface area contributed by atoms with Crippen LogP contribution in [0.25, 0.3) is 0 Å². The van der Waals surface area contributed by atoms with Gasteiger partial charge in [-0.1, -0.05) is 23.2 Å². The second-order valence-electron chi connectivity index (χ2n) is 4.19. The Bertz CT molecular complexity index is 750. The normalized spacial score (nSPS) is 10.1. The van der Waals surface area contributed by atoms with Crippen LogP contribution >= 0.6 is 23.2 Å². The average Bonchev–Trinajstić information content (AvgIpc) is 2.49. The Hall–Kier alpha value is -2.31. The van der Waals surface area contributed by atoms with Crippen LogP contribution in [0.2, 0.25) is 10.0 Å². The number of carbonyl (C=O) groups is 1. The minimum atomic E-state index is -0.635. The molecule has 1 N–H and O–H groups in total. The van der Waals surface area contributed by atoms with Gasteiger partial charge in [-0.15, -0.1) is 0 Å². The summed E-state index contributed by atoms with van der Waals surface area (Å²) in [7, 11) is 1.38. The van der Waals surface area contributed by atoms with E-state index in [4.69, 9.17) is 27.9 Å². The second kappa shape index (κ2) is 6.64. The summed E-state index contributed by atoms with van der Waals surface area (Å²) in [6.45, 7) is 0. The summed E-state index contributed by atoms with van der Waals surface area (Å²) in [6.07, 6.45) is 0. The van der Waals surface area contributed by atoms with Crippen LogP contribution in [-0.4, -0.2) is 17.9 Å². The number of nitrogens with zero attached hydrogens (tertiary/aromatic N) is 1. The summed E-state index contributed by atoms with van der Waals surface area (Å²) in [6, 6.07) is 8.52. The molecule has 8 heteroatoms. The first-order valence-electron chi connectivity index (χ1n) is 6.06. The molecule has 0 aliphatic rings. The monoisotopic (exact) mass is 340 g/mol. The first-order chi connectivity index (χ1) is 10.4. The predicted molar refractivity (Wildman–Crippen MR) is 83.0 cm³/mol. The molecule has 1 amide bonds. The second-order valence-corrected chi connectivity index (χ2v) is 5.04. The average molecular weight is 341 g/mol. The Morgan fingerprint density at radius 1 is 1.23 bits per heavy atom. The zero-order valence-corrected chi connectivity index (χ0v) is 12.8. The maximum absolute atomic E-state index is 11.7. The van der Waals surface area contributed by atoms with Gasteiger partial charge < -0.3 is 10.1 Å².